The molecule has 0 spiro atoms. The van der Waals surface area contributed by atoms with Gasteiger partial charge in [0.1, 0.15) is 0 Å². The third-order valence-electron chi connectivity index (χ3n) is 3.11. The van der Waals surface area contributed by atoms with Gasteiger partial charge in [0.2, 0.25) is 5.91 Å². The Morgan fingerprint density at radius 1 is 1.12 bits per heavy atom. The molecule has 24 heavy (non-hydrogen) atoms. The molecule has 0 saturated carbocycles. The molecule has 2 aromatic rings. The van der Waals surface area contributed by atoms with Crippen molar-refractivity contribution in [2.75, 3.05) is 18.1 Å². The van der Waals surface area contributed by atoms with E-state index < -0.39 is 0 Å². The quantitative estimate of drug-likeness (QED) is 0.785. The van der Waals surface area contributed by atoms with E-state index in [1.165, 1.54) is 0 Å². The van der Waals surface area contributed by atoms with E-state index in [1.807, 2.05) is 24.5 Å². The van der Waals surface area contributed by atoms with Gasteiger partial charge in [0.05, 0.1) is 17.3 Å². The highest BCUT2D eigenvalue weighted by atomic mass is 35.5. The van der Waals surface area contributed by atoms with Gasteiger partial charge in [-0.15, -0.1) is 0 Å². The molecule has 0 saturated heterocycles. The molecule has 2 rings (SSSR count). The lowest BCUT2D eigenvalue weighted by molar-refractivity contribution is -0.115. The van der Waals surface area contributed by atoms with Crippen LogP contribution in [0.1, 0.15) is 15.9 Å². The lowest BCUT2D eigenvalue weighted by atomic mass is 10.1. The van der Waals surface area contributed by atoms with Crippen LogP contribution in [0.15, 0.2) is 42.5 Å². The molecule has 7 heteroatoms. The maximum atomic E-state index is 12.1. The Labute approximate surface area is 154 Å². The Kier molecular flexibility index (Phi) is 6.97. The van der Waals surface area contributed by atoms with Crippen molar-refractivity contribution in [2.45, 2.75) is 5.75 Å². The summed E-state index contributed by atoms with van der Waals surface area (Å²) in [5.41, 5.74) is 1.99. The zero-order chi connectivity index (χ0) is 17.5. The van der Waals surface area contributed by atoms with Crippen LogP contribution in [0.25, 0.3) is 0 Å². The summed E-state index contributed by atoms with van der Waals surface area (Å²) in [4.78, 5) is 24.1. The minimum Gasteiger partial charge on any atom is -0.343 e. The monoisotopic (exact) mass is 382 g/mol. The van der Waals surface area contributed by atoms with Gasteiger partial charge < -0.3 is 10.6 Å². The van der Waals surface area contributed by atoms with Crippen LogP contribution < -0.4 is 10.6 Å². The molecular weight excluding hydrogens is 367 g/mol. The number of hydrogen-bond donors (Lipinski definition) is 2. The number of thioether (sulfide) groups is 1. The Bertz CT molecular complexity index is 753. The van der Waals surface area contributed by atoms with Crippen LogP contribution in [-0.4, -0.2) is 24.6 Å². The average Bonchev–Trinajstić information content (AvgIpc) is 2.56. The standard InChI is InChI=1S/C17H16Cl2N2O2S/c1-24-10-11-3-2-4-12(7-11)17(23)20-9-16(22)21-15-8-13(18)5-6-14(15)19/h2-8H,9-10H2,1H3,(H,20,23)(H,21,22). The highest BCUT2D eigenvalue weighted by Crippen LogP contribution is 2.25. The van der Waals surface area contributed by atoms with E-state index in [2.05, 4.69) is 10.6 Å². The second-order valence-corrected chi connectivity index (χ2v) is 6.70. The third kappa shape index (κ3) is 5.44. The van der Waals surface area contributed by atoms with Crippen molar-refractivity contribution in [2.24, 2.45) is 0 Å². The lowest BCUT2D eigenvalue weighted by Gasteiger charge is -2.09. The number of carbonyl (C=O) groups is 2. The third-order valence-corrected chi connectivity index (χ3v) is 4.30. The summed E-state index contributed by atoms with van der Waals surface area (Å²) in [6.07, 6.45) is 2.00. The van der Waals surface area contributed by atoms with Crippen LogP contribution in [-0.2, 0) is 10.5 Å². The van der Waals surface area contributed by atoms with Crippen LogP contribution in [0.3, 0.4) is 0 Å². The van der Waals surface area contributed by atoms with Gasteiger partial charge >= 0.3 is 0 Å². The number of carbonyl (C=O) groups excluding carboxylic acids is 2. The summed E-state index contributed by atoms with van der Waals surface area (Å²) in [7, 11) is 0. The second-order valence-electron chi connectivity index (χ2n) is 4.99. The molecule has 0 unspecified atom stereocenters. The van der Waals surface area contributed by atoms with E-state index in [0.717, 1.165) is 11.3 Å². The van der Waals surface area contributed by atoms with Gasteiger partial charge in [0, 0.05) is 16.3 Å². The highest BCUT2D eigenvalue weighted by molar-refractivity contribution is 7.97. The van der Waals surface area contributed by atoms with Crippen molar-refractivity contribution in [1.29, 1.82) is 0 Å². The molecule has 2 N–H and O–H groups in total. The van der Waals surface area contributed by atoms with Gasteiger partial charge in [-0.3, -0.25) is 9.59 Å². The van der Waals surface area contributed by atoms with Crippen LogP contribution in [0, 0.1) is 0 Å². The van der Waals surface area contributed by atoms with Crippen molar-refractivity contribution in [3.05, 3.63) is 63.6 Å². The van der Waals surface area contributed by atoms with Crippen molar-refractivity contribution in [3.8, 4) is 0 Å². The normalized spacial score (nSPS) is 10.3. The smallest absolute Gasteiger partial charge is 0.251 e. The fourth-order valence-corrected chi connectivity index (χ4v) is 2.87. The number of hydrogen-bond acceptors (Lipinski definition) is 3. The van der Waals surface area contributed by atoms with Gasteiger partial charge in [-0.2, -0.15) is 11.8 Å². The van der Waals surface area contributed by atoms with Crippen molar-refractivity contribution >= 4 is 52.5 Å². The van der Waals surface area contributed by atoms with Crippen molar-refractivity contribution in [3.63, 3.8) is 0 Å². The number of anilines is 1. The zero-order valence-electron chi connectivity index (χ0n) is 12.9. The molecule has 0 aromatic heterocycles. The van der Waals surface area contributed by atoms with E-state index in [1.54, 1.807) is 36.0 Å². The highest BCUT2D eigenvalue weighted by Gasteiger charge is 2.10. The molecule has 2 amide bonds. The fraction of sp³-hybridized carbons (Fsp3) is 0.176. The van der Waals surface area contributed by atoms with E-state index in [-0.39, 0.29) is 18.4 Å². The molecule has 0 aliphatic heterocycles. The van der Waals surface area contributed by atoms with Gasteiger partial charge in [-0.1, -0.05) is 35.3 Å². The van der Waals surface area contributed by atoms with E-state index in [0.29, 0.717) is 21.3 Å². The SMILES string of the molecule is CSCc1cccc(C(=O)NCC(=O)Nc2cc(Cl)ccc2Cl)c1. The summed E-state index contributed by atoms with van der Waals surface area (Å²) >= 11 is 13.5. The molecule has 0 heterocycles. The fourth-order valence-electron chi connectivity index (χ4n) is 2.02. The molecule has 2 aromatic carbocycles. The number of benzene rings is 2. The Morgan fingerprint density at radius 2 is 1.92 bits per heavy atom. The van der Waals surface area contributed by atoms with Gasteiger partial charge in [0.15, 0.2) is 0 Å². The molecule has 0 bridgehead atoms. The Balaban J connectivity index is 1.92. The summed E-state index contributed by atoms with van der Waals surface area (Å²) in [5.74, 6) is 0.146. The number of halogens is 2. The number of rotatable bonds is 6. The zero-order valence-corrected chi connectivity index (χ0v) is 15.3. The van der Waals surface area contributed by atoms with Crippen LogP contribution in [0.2, 0.25) is 10.0 Å². The van der Waals surface area contributed by atoms with E-state index in [4.69, 9.17) is 23.2 Å². The largest absolute Gasteiger partial charge is 0.343 e. The molecule has 4 nitrogen and oxygen atoms in total. The molecule has 0 aliphatic rings. The Morgan fingerprint density at radius 3 is 2.67 bits per heavy atom. The summed E-state index contributed by atoms with van der Waals surface area (Å²) in [6.45, 7) is -0.158. The maximum absolute atomic E-state index is 12.1. The first kappa shape index (κ1) is 18.6. The van der Waals surface area contributed by atoms with Crippen LogP contribution in [0.4, 0.5) is 5.69 Å². The average molecular weight is 383 g/mol. The molecule has 0 atom stereocenters. The Hall–Kier alpha value is -1.69. The lowest BCUT2D eigenvalue weighted by Crippen LogP contribution is -2.32. The first-order valence-corrected chi connectivity index (χ1v) is 9.25. The molecule has 0 aliphatic carbocycles. The van der Waals surface area contributed by atoms with Crippen LogP contribution in [0.5, 0.6) is 0 Å². The van der Waals surface area contributed by atoms with Crippen molar-refractivity contribution in [1.82, 2.24) is 5.32 Å². The minimum absolute atomic E-state index is 0.158. The van der Waals surface area contributed by atoms with Gasteiger partial charge in [-0.25, -0.2) is 0 Å². The van der Waals surface area contributed by atoms with Crippen LogP contribution >= 0.6 is 35.0 Å². The topological polar surface area (TPSA) is 58.2 Å². The summed E-state index contributed by atoms with van der Waals surface area (Å²) in [5, 5.41) is 6.05. The van der Waals surface area contributed by atoms with E-state index >= 15 is 0 Å². The first-order chi connectivity index (χ1) is 11.5. The number of amides is 2. The minimum atomic E-state index is -0.382. The summed E-state index contributed by atoms with van der Waals surface area (Å²) < 4.78 is 0. The maximum Gasteiger partial charge on any atom is 0.251 e. The number of nitrogens with one attached hydrogen (secondary N) is 2. The molecule has 0 fully saturated rings. The van der Waals surface area contributed by atoms with Gasteiger partial charge in [-0.05, 0) is 42.2 Å². The second kappa shape index (κ2) is 8.97. The molecule has 126 valence electrons. The van der Waals surface area contributed by atoms with E-state index in [9.17, 15) is 9.59 Å². The molecular formula is C17H16Cl2N2O2S. The molecule has 0 radical (unpaired) electrons. The first-order valence-electron chi connectivity index (χ1n) is 7.10. The van der Waals surface area contributed by atoms with Crippen molar-refractivity contribution < 1.29 is 9.59 Å². The van der Waals surface area contributed by atoms with Gasteiger partial charge in [0.25, 0.3) is 5.91 Å². The predicted molar refractivity (Wildman–Crippen MR) is 101 cm³/mol. The summed E-state index contributed by atoms with van der Waals surface area (Å²) in [6, 6.07) is 12.1. The predicted octanol–water partition coefficient (Wildman–Crippen LogP) is 4.22.